The summed E-state index contributed by atoms with van der Waals surface area (Å²) >= 11 is 0. The molecule has 2 aromatic rings. The van der Waals surface area contributed by atoms with Gasteiger partial charge >= 0.3 is 0 Å². The summed E-state index contributed by atoms with van der Waals surface area (Å²) in [5, 5.41) is 12.3. The third-order valence-corrected chi connectivity index (χ3v) is 6.50. The molecule has 5 heteroatoms. The number of hydrogen-bond donors (Lipinski definition) is 1. The topological polar surface area (TPSA) is 62.5 Å². The number of likely N-dealkylation sites (tertiary alicyclic amines) is 1. The number of pyridine rings is 1. The molecule has 1 amide bonds. The Labute approximate surface area is 166 Å². The maximum atomic E-state index is 13.5. The Kier molecular flexibility index (Phi) is 5.04. The number of rotatable bonds is 3. The van der Waals surface area contributed by atoms with E-state index in [1.807, 2.05) is 23.1 Å². The lowest BCUT2D eigenvalue weighted by Gasteiger charge is -2.47. The van der Waals surface area contributed by atoms with Gasteiger partial charge in [-0.05, 0) is 31.2 Å². The van der Waals surface area contributed by atoms with Crippen molar-refractivity contribution in [3.8, 4) is 0 Å². The highest BCUT2D eigenvalue weighted by Crippen LogP contribution is 2.40. The second-order valence-corrected chi connectivity index (χ2v) is 8.99. The lowest BCUT2D eigenvalue weighted by Crippen LogP contribution is -2.54. The van der Waals surface area contributed by atoms with Crippen LogP contribution >= 0.6 is 0 Å². The number of piperidine rings is 1. The molecule has 5 nitrogen and oxygen atoms in total. The molecule has 2 heterocycles. The summed E-state index contributed by atoms with van der Waals surface area (Å²) in [5.41, 5.74) is -0.0497. The van der Waals surface area contributed by atoms with Gasteiger partial charge in [-0.3, -0.25) is 9.59 Å². The predicted octanol–water partition coefficient (Wildman–Crippen LogP) is 3.42. The fraction of sp³-hybridized carbons (Fsp3) is 0.565. The van der Waals surface area contributed by atoms with Crippen LogP contribution < -0.4 is 5.56 Å². The zero-order chi connectivity index (χ0) is 19.9. The molecule has 1 aromatic heterocycles. The van der Waals surface area contributed by atoms with Gasteiger partial charge in [-0.15, -0.1) is 0 Å². The third kappa shape index (κ3) is 3.37. The highest BCUT2D eigenvalue weighted by atomic mass is 16.3. The smallest absolute Gasteiger partial charge is 0.258 e. The molecule has 0 spiro atoms. The van der Waals surface area contributed by atoms with E-state index >= 15 is 0 Å². The Morgan fingerprint density at radius 2 is 1.96 bits per heavy atom. The molecule has 1 saturated heterocycles. The van der Waals surface area contributed by atoms with E-state index in [2.05, 4.69) is 13.8 Å². The molecule has 1 saturated carbocycles. The third-order valence-electron chi connectivity index (χ3n) is 6.50. The Bertz CT molecular complexity index is 949. The summed E-state index contributed by atoms with van der Waals surface area (Å²) in [4.78, 5) is 28.2. The fourth-order valence-electron chi connectivity index (χ4n) is 4.97. The van der Waals surface area contributed by atoms with Crippen molar-refractivity contribution in [3.63, 3.8) is 0 Å². The van der Waals surface area contributed by atoms with Crippen molar-refractivity contribution < 1.29 is 9.90 Å². The quantitative estimate of drug-likeness (QED) is 0.885. The highest BCUT2D eigenvalue weighted by Gasteiger charge is 2.44. The summed E-state index contributed by atoms with van der Waals surface area (Å²) in [5.74, 6) is 0.446. The number of aromatic nitrogens is 1. The van der Waals surface area contributed by atoms with Gasteiger partial charge in [0, 0.05) is 42.5 Å². The number of amides is 1. The lowest BCUT2D eigenvalue weighted by atomic mass is 9.71. The van der Waals surface area contributed by atoms with Crippen molar-refractivity contribution >= 4 is 16.7 Å². The normalized spacial score (nSPS) is 25.1. The largest absolute Gasteiger partial charge is 0.389 e. The van der Waals surface area contributed by atoms with E-state index in [4.69, 9.17) is 0 Å². The van der Waals surface area contributed by atoms with Crippen LogP contribution in [0.15, 0.2) is 35.3 Å². The molecule has 2 fully saturated rings. The Morgan fingerprint density at radius 3 is 2.71 bits per heavy atom. The van der Waals surface area contributed by atoms with Crippen LogP contribution in [0.5, 0.6) is 0 Å². The van der Waals surface area contributed by atoms with Gasteiger partial charge in [0.2, 0.25) is 0 Å². The van der Waals surface area contributed by atoms with Gasteiger partial charge < -0.3 is 14.6 Å². The zero-order valence-corrected chi connectivity index (χ0v) is 16.9. The maximum Gasteiger partial charge on any atom is 0.258 e. The van der Waals surface area contributed by atoms with Crippen LogP contribution in [-0.2, 0) is 6.54 Å². The molecule has 1 aliphatic carbocycles. The molecule has 1 N–H and O–H groups in total. The molecular weight excluding hydrogens is 352 g/mol. The summed E-state index contributed by atoms with van der Waals surface area (Å²) < 4.78 is 1.68. The average Bonchev–Trinajstić information content (AvgIpc) is 2.68. The number of aliphatic hydroxyl groups is 1. The summed E-state index contributed by atoms with van der Waals surface area (Å²) in [6, 6.07) is 7.40. The second kappa shape index (κ2) is 7.36. The van der Waals surface area contributed by atoms with Crippen molar-refractivity contribution in [2.24, 2.45) is 11.8 Å². The molecule has 0 radical (unpaired) electrons. The van der Waals surface area contributed by atoms with Gasteiger partial charge in [0.05, 0.1) is 11.2 Å². The molecule has 1 aromatic carbocycles. The van der Waals surface area contributed by atoms with Gasteiger partial charge in [-0.1, -0.05) is 44.9 Å². The SMILES string of the molecule is CC(C)Cn1cc(C(=O)N2CC[C@@]3(O)CCCC[C@H]3C2)c2ccccc2c1=O. The van der Waals surface area contributed by atoms with Crippen molar-refractivity contribution in [3.05, 3.63) is 46.4 Å². The number of carbonyl (C=O) groups is 1. The Balaban J connectivity index is 1.71. The molecule has 28 heavy (non-hydrogen) atoms. The van der Waals surface area contributed by atoms with Gasteiger partial charge in [0.25, 0.3) is 11.5 Å². The number of nitrogens with zero attached hydrogens (tertiary/aromatic N) is 2. The van der Waals surface area contributed by atoms with E-state index in [9.17, 15) is 14.7 Å². The highest BCUT2D eigenvalue weighted by molar-refractivity contribution is 6.06. The van der Waals surface area contributed by atoms with Crippen molar-refractivity contribution in [1.29, 1.82) is 0 Å². The predicted molar refractivity (Wildman–Crippen MR) is 110 cm³/mol. The first-order valence-corrected chi connectivity index (χ1v) is 10.5. The molecule has 1 aliphatic heterocycles. The van der Waals surface area contributed by atoms with E-state index in [1.165, 1.54) is 0 Å². The van der Waals surface area contributed by atoms with E-state index in [0.29, 0.717) is 42.9 Å². The van der Waals surface area contributed by atoms with Crippen LogP contribution in [0, 0.1) is 11.8 Å². The van der Waals surface area contributed by atoms with E-state index in [0.717, 1.165) is 31.1 Å². The van der Waals surface area contributed by atoms with E-state index in [-0.39, 0.29) is 17.4 Å². The van der Waals surface area contributed by atoms with Crippen molar-refractivity contribution in [1.82, 2.24) is 9.47 Å². The van der Waals surface area contributed by atoms with Crippen LogP contribution in [0.25, 0.3) is 10.8 Å². The fourth-order valence-corrected chi connectivity index (χ4v) is 4.97. The average molecular weight is 383 g/mol. The minimum absolute atomic E-state index is 0.0265. The molecule has 150 valence electrons. The van der Waals surface area contributed by atoms with Gasteiger partial charge in [-0.25, -0.2) is 0 Å². The summed E-state index contributed by atoms with van der Waals surface area (Å²) in [7, 11) is 0. The van der Waals surface area contributed by atoms with Gasteiger partial charge in [-0.2, -0.15) is 0 Å². The molecule has 2 atom stereocenters. The molecular formula is C23H30N2O3. The molecule has 4 rings (SSSR count). The van der Waals surface area contributed by atoms with Crippen LogP contribution in [-0.4, -0.2) is 39.2 Å². The van der Waals surface area contributed by atoms with Crippen molar-refractivity contribution in [2.75, 3.05) is 13.1 Å². The minimum atomic E-state index is -0.604. The van der Waals surface area contributed by atoms with Crippen LogP contribution in [0.4, 0.5) is 0 Å². The second-order valence-electron chi connectivity index (χ2n) is 8.99. The number of hydrogen-bond acceptors (Lipinski definition) is 3. The first-order chi connectivity index (χ1) is 13.4. The van der Waals surface area contributed by atoms with Crippen LogP contribution in [0.3, 0.4) is 0 Å². The van der Waals surface area contributed by atoms with Crippen LogP contribution in [0.1, 0.15) is 56.3 Å². The molecule has 2 aliphatic rings. The van der Waals surface area contributed by atoms with E-state index < -0.39 is 5.60 Å². The zero-order valence-electron chi connectivity index (χ0n) is 16.9. The standard InChI is InChI=1S/C23H30N2O3/c1-16(2)13-25-15-20(18-8-3-4-9-19(18)21(25)26)22(27)24-12-11-23(28)10-6-5-7-17(23)14-24/h3-4,8-9,15-17,28H,5-7,10-14H2,1-2H3/t17-,23-/m0/s1. The Hall–Kier alpha value is -2.14. The molecule has 0 bridgehead atoms. The Morgan fingerprint density at radius 1 is 1.21 bits per heavy atom. The minimum Gasteiger partial charge on any atom is -0.389 e. The summed E-state index contributed by atoms with van der Waals surface area (Å²) in [6.07, 6.45) is 6.42. The summed E-state index contributed by atoms with van der Waals surface area (Å²) in [6.45, 7) is 5.90. The number of benzene rings is 1. The first-order valence-electron chi connectivity index (χ1n) is 10.5. The molecule has 0 unspecified atom stereocenters. The maximum absolute atomic E-state index is 13.5. The number of carbonyl (C=O) groups excluding carboxylic acids is 1. The first kappa shape index (κ1) is 19.2. The lowest BCUT2D eigenvalue weighted by molar-refractivity contribution is -0.0886. The van der Waals surface area contributed by atoms with Gasteiger partial charge in [0.1, 0.15) is 0 Å². The van der Waals surface area contributed by atoms with Crippen LogP contribution in [0.2, 0.25) is 0 Å². The van der Waals surface area contributed by atoms with Gasteiger partial charge in [0.15, 0.2) is 0 Å². The van der Waals surface area contributed by atoms with E-state index in [1.54, 1.807) is 16.8 Å². The number of fused-ring (bicyclic) bond motifs is 2. The van der Waals surface area contributed by atoms with Crippen molar-refractivity contribution in [2.45, 2.75) is 58.1 Å². The monoisotopic (exact) mass is 382 g/mol.